The van der Waals surface area contributed by atoms with Crippen LogP contribution in [-0.4, -0.2) is 24.5 Å². The predicted octanol–water partition coefficient (Wildman–Crippen LogP) is 1.21. The highest BCUT2D eigenvalue weighted by Crippen LogP contribution is 2.08. The normalized spacial score (nSPS) is 26.9. The Bertz CT molecular complexity index is 203. The molecule has 1 amide bonds. The van der Waals surface area contributed by atoms with E-state index < -0.39 is 0 Å². The molecule has 1 rings (SSSR count). The Balaban J connectivity index is 2.21. The van der Waals surface area contributed by atoms with Crippen molar-refractivity contribution >= 4 is 5.91 Å². The van der Waals surface area contributed by atoms with Crippen LogP contribution < -0.4 is 10.6 Å². The lowest BCUT2D eigenvalue weighted by molar-refractivity contribution is -0.121. The van der Waals surface area contributed by atoms with Crippen molar-refractivity contribution in [2.45, 2.75) is 44.7 Å². The lowest BCUT2D eigenvalue weighted by Crippen LogP contribution is -2.46. The van der Waals surface area contributed by atoms with E-state index in [1.165, 1.54) is 0 Å². The van der Waals surface area contributed by atoms with Crippen molar-refractivity contribution in [3.63, 3.8) is 0 Å². The number of carbonyl (C=O) groups excluding carboxylic acids is 1. The van der Waals surface area contributed by atoms with E-state index in [2.05, 4.69) is 24.1 Å². The summed E-state index contributed by atoms with van der Waals surface area (Å²) in [5.41, 5.74) is 0. The molecule has 0 spiro atoms. The zero-order chi connectivity index (χ0) is 10.4. The van der Waals surface area contributed by atoms with Crippen LogP contribution in [-0.2, 0) is 4.79 Å². The fraction of sp³-hybridized carbons (Fsp3) is 0.727. The van der Waals surface area contributed by atoms with Crippen LogP contribution in [0.25, 0.3) is 0 Å². The maximum Gasteiger partial charge on any atom is 0.220 e. The summed E-state index contributed by atoms with van der Waals surface area (Å²) in [6.45, 7) is 6.76. The summed E-state index contributed by atoms with van der Waals surface area (Å²) in [6, 6.07) is 0.886. The van der Waals surface area contributed by atoms with E-state index in [-0.39, 0.29) is 5.91 Å². The molecule has 2 atom stereocenters. The van der Waals surface area contributed by atoms with Gasteiger partial charge in [-0.25, -0.2) is 0 Å². The maximum atomic E-state index is 11.4. The van der Waals surface area contributed by atoms with E-state index in [1.54, 1.807) is 6.08 Å². The van der Waals surface area contributed by atoms with Crippen molar-refractivity contribution in [1.82, 2.24) is 10.6 Å². The molecule has 1 aliphatic rings. The first-order chi connectivity index (χ1) is 6.72. The number of rotatable bonds is 4. The van der Waals surface area contributed by atoms with Crippen molar-refractivity contribution in [2.24, 2.45) is 0 Å². The minimum atomic E-state index is 0.156. The summed E-state index contributed by atoms with van der Waals surface area (Å²) in [7, 11) is 0. The number of hydrogen-bond acceptors (Lipinski definition) is 2. The van der Waals surface area contributed by atoms with E-state index in [0.29, 0.717) is 18.5 Å². The van der Waals surface area contributed by atoms with Gasteiger partial charge in [0.25, 0.3) is 0 Å². The Morgan fingerprint density at radius 2 is 2.50 bits per heavy atom. The van der Waals surface area contributed by atoms with Gasteiger partial charge in [0.2, 0.25) is 5.91 Å². The quantitative estimate of drug-likeness (QED) is 0.664. The minimum Gasteiger partial charge on any atom is -0.353 e. The van der Waals surface area contributed by atoms with E-state index in [0.717, 1.165) is 25.8 Å². The van der Waals surface area contributed by atoms with Crippen molar-refractivity contribution < 1.29 is 4.79 Å². The molecule has 0 aliphatic carbocycles. The van der Waals surface area contributed by atoms with Crippen LogP contribution in [0, 0.1) is 0 Å². The first kappa shape index (κ1) is 11.2. The topological polar surface area (TPSA) is 41.1 Å². The molecular weight excluding hydrogens is 176 g/mol. The zero-order valence-corrected chi connectivity index (χ0v) is 8.88. The smallest absolute Gasteiger partial charge is 0.220 e. The third-order valence-corrected chi connectivity index (χ3v) is 2.56. The number of amides is 1. The minimum absolute atomic E-state index is 0.156. The molecule has 0 aromatic rings. The highest BCUT2D eigenvalue weighted by molar-refractivity contribution is 5.76. The highest BCUT2D eigenvalue weighted by atomic mass is 16.1. The number of allylic oxidation sites excluding steroid dienone is 1. The summed E-state index contributed by atoms with van der Waals surface area (Å²) in [5.74, 6) is 0.156. The Labute approximate surface area is 86.0 Å². The summed E-state index contributed by atoms with van der Waals surface area (Å²) >= 11 is 0. The lowest BCUT2D eigenvalue weighted by atomic mass is 10.0. The summed E-state index contributed by atoms with van der Waals surface area (Å²) in [6.07, 6.45) is 5.21. The van der Waals surface area contributed by atoms with E-state index >= 15 is 0 Å². The van der Waals surface area contributed by atoms with Crippen molar-refractivity contribution in [1.29, 1.82) is 0 Å². The van der Waals surface area contributed by atoms with Crippen LogP contribution in [0.3, 0.4) is 0 Å². The first-order valence-electron chi connectivity index (χ1n) is 5.36. The van der Waals surface area contributed by atoms with Crippen molar-refractivity contribution in [2.75, 3.05) is 6.54 Å². The van der Waals surface area contributed by atoms with Crippen LogP contribution in [0.1, 0.15) is 32.6 Å². The molecule has 1 saturated heterocycles. The van der Waals surface area contributed by atoms with Gasteiger partial charge in [-0.3, -0.25) is 4.79 Å². The van der Waals surface area contributed by atoms with E-state index in [9.17, 15) is 4.79 Å². The molecule has 2 unspecified atom stereocenters. The Kier molecular flexibility index (Phi) is 4.66. The monoisotopic (exact) mass is 196 g/mol. The number of nitrogens with one attached hydrogen (secondary N) is 2. The predicted molar refractivity (Wildman–Crippen MR) is 58.1 cm³/mol. The van der Waals surface area contributed by atoms with Crippen LogP contribution in [0.5, 0.6) is 0 Å². The van der Waals surface area contributed by atoms with Gasteiger partial charge in [0, 0.05) is 18.5 Å². The molecule has 0 aromatic carbocycles. The molecule has 1 heterocycles. The van der Waals surface area contributed by atoms with Gasteiger partial charge in [-0.15, -0.1) is 6.58 Å². The standard InChI is InChI=1S/C11H20N2O/c1-3-4-5-11(14)13-10-6-7-12-9(2)8-10/h3,9-10,12H,1,4-8H2,2H3,(H,13,14). The third-order valence-electron chi connectivity index (χ3n) is 2.56. The Morgan fingerprint density at radius 3 is 3.14 bits per heavy atom. The SMILES string of the molecule is C=CCCC(=O)NC1CCNC(C)C1. The van der Waals surface area contributed by atoms with Crippen LogP contribution in [0.15, 0.2) is 12.7 Å². The average molecular weight is 196 g/mol. The molecule has 2 N–H and O–H groups in total. The van der Waals surface area contributed by atoms with Gasteiger partial charge in [-0.1, -0.05) is 6.08 Å². The molecule has 1 aliphatic heterocycles. The third kappa shape index (κ3) is 3.92. The van der Waals surface area contributed by atoms with E-state index in [1.807, 2.05) is 0 Å². The molecule has 14 heavy (non-hydrogen) atoms. The fourth-order valence-electron chi connectivity index (χ4n) is 1.80. The van der Waals surface area contributed by atoms with Gasteiger partial charge in [0.05, 0.1) is 0 Å². The average Bonchev–Trinajstić information content (AvgIpc) is 2.15. The Morgan fingerprint density at radius 1 is 1.71 bits per heavy atom. The van der Waals surface area contributed by atoms with Crippen LogP contribution in [0.4, 0.5) is 0 Å². The lowest BCUT2D eigenvalue weighted by Gasteiger charge is -2.28. The summed E-state index contributed by atoms with van der Waals surface area (Å²) < 4.78 is 0. The maximum absolute atomic E-state index is 11.4. The number of hydrogen-bond donors (Lipinski definition) is 2. The second-order valence-corrected chi connectivity index (χ2v) is 3.97. The molecule has 0 saturated carbocycles. The summed E-state index contributed by atoms with van der Waals surface area (Å²) in [5, 5.41) is 6.42. The van der Waals surface area contributed by atoms with Gasteiger partial charge in [0.15, 0.2) is 0 Å². The summed E-state index contributed by atoms with van der Waals surface area (Å²) in [4.78, 5) is 11.4. The molecule has 80 valence electrons. The van der Waals surface area contributed by atoms with Crippen molar-refractivity contribution in [3.8, 4) is 0 Å². The van der Waals surface area contributed by atoms with Gasteiger partial charge >= 0.3 is 0 Å². The Hall–Kier alpha value is -0.830. The van der Waals surface area contributed by atoms with Gasteiger partial charge in [-0.05, 0) is 32.7 Å². The number of carbonyl (C=O) groups is 1. The molecule has 0 aromatic heterocycles. The van der Waals surface area contributed by atoms with Gasteiger partial charge < -0.3 is 10.6 Å². The van der Waals surface area contributed by atoms with Gasteiger partial charge in [-0.2, -0.15) is 0 Å². The van der Waals surface area contributed by atoms with Crippen LogP contribution in [0.2, 0.25) is 0 Å². The van der Waals surface area contributed by atoms with Gasteiger partial charge in [0.1, 0.15) is 0 Å². The molecular formula is C11H20N2O. The first-order valence-corrected chi connectivity index (χ1v) is 5.36. The second-order valence-electron chi connectivity index (χ2n) is 3.97. The zero-order valence-electron chi connectivity index (χ0n) is 8.88. The largest absolute Gasteiger partial charge is 0.353 e. The highest BCUT2D eigenvalue weighted by Gasteiger charge is 2.19. The van der Waals surface area contributed by atoms with Crippen molar-refractivity contribution in [3.05, 3.63) is 12.7 Å². The fourth-order valence-corrected chi connectivity index (χ4v) is 1.80. The molecule has 3 heteroatoms. The second kappa shape index (κ2) is 5.81. The number of piperidine rings is 1. The molecule has 3 nitrogen and oxygen atoms in total. The molecule has 1 fully saturated rings. The van der Waals surface area contributed by atoms with Crippen LogP contribution >= 0.6 is 0 Å². The molecule has 0 bridgehead atoms. The van der Waals surface area contributed by atoms with E-state index in [4.69, 9.17) is 0 Å². The molecule has 0 radical (unpaired) electrons.